The number of nitrogens with zero attached hydrogens (tertiary/aromatic N) is 1. The maximum Gasteiger partial charge on any atom is 0.122 e. The fraction of sp³-hybridized carbons (Fsp3) is 0.750. The zero-order valence-electron chi connectivity index (χ0n) is 10.4. The van der Waals surface area contributed by atoms with Crippen molar-refractivity contribution in [2.24, 2.45) is 10.7 Å². The monoisotopic (exact) mass is 224 g/mol. The summed E-state index contributed by atoms with van der Waals surface area (Å²) in [5.74, 6) is 0.877. The third kappa shape index (κ3) is 4.33. The van der Waals surface area contributed by atoms with Crippen molar-refractivity contribution in [3.05, 3.63) is 11.9 Å². The molecular formula is C12H24N4. The van der Waals surface area contributed by atoms with Crippen molar-refractivity contribution in [2.75, 3.05) is 7.05 Å². The second-order valence-corrected chi connectivity index (χ2v) is 4.54. The van der Waals surface area contributed by atoms with Crippen molar-refractivity contribution in [1.82, 2.24) is 10.6 Å². The van der Waals surface area contributed by atoms with E-state index in [1.165, 1.54) is 0 Å². The van der Waals surface area contributed by atoms with Crippen LogP contribution < -0.4 is 16.4 Å². The quantitative estimate of drug-likeness (QED) is 0.610. The van der Waals surface area contributed by atoms with E-state index in [-0.39, 0.29) is 0 Å². The Hall–Kier alpha value is -0.870. The van der Waals surface area contributed by atoms with Crippen LogP contribution in [0, 0.1) is 0 Å². The minimum Gasteiger partial charge on any atom is -0.368 e. The van der Waals surface area contributed by atoms with Crippen LogP contribution in [-0.4, -0.2) is 31.9 Å². The molecule has 4 nitrogen and oxygen atoms in total. The minimum absolute atomic E-state index is 0.304. The summed E-state index contributed by atoms with van der Waals surface area (Å²) in [4.78, 5) is 4.02. The smallest absolute Gasteiger partial charge is 0.122 e. The summed E-state index contributed by atoms with van der Waals surface area (Å²) in [6, 6.07) is 1.19. The first-order chi connectivity index (χ1) is 7.65. The molecule has 92 valence electrons. The molecule has 0 bridgehead atoms. The third-order valence-electron chi connectivity index (χ3n) is 3.16. The largest absolute Gasteiger partial charge is 0.368 e. The predicted octanol–water partition coefficient (Wildman–Crippen LogP) is 0.996. The van der Waals surface area contributed by atoms with Gasteiger partial charge in [0.25, 0.3) is 0 Å². The van der Waals surface area contributed by atoms with E-state index in [1.807, 2.05) is 7.05 Å². The second kappa shape index (κ2) is 6.66. The van der Waals surface area contributed by atoms with Crippen LogP contribution in [-0.2, 0) is 0 Å². The van der Waals surface area contributed by atoms with E-state index in [0.717, 1.165) is 31.5 Å². The molecular weight excluding hydrogens is 200 g/mol. The van der Waals surface area contributed by atoms with Gasteiger partial charge >= 0.3 is 0 Å². The Kier molecular flexibility index (Phi) is 5.49. The van der Waals surface area contributed by atoms with E-state index >= 15 is 0 Å². The summed E-state index contributed by atoms with van der Waals surface area (Å²) in [5.41, 5.74) is 5.87. The van der Waals surface area contributed by atoms with Gasteiger partial charge in [0.05, 0.1) is 0 Å². The van der Waals surface area contributed by atoms with Crippen LogP contribution in [0.2, 0.25) is 0 Å². The zero-order chi connectivity index (χ0) is 12.0. The Bertz CT molecular complexity index is 241. The highest BCUT2D eigenvalue weighted by Crippen LogP contribution is 2.18. The molecule has 0 amide bonds. The second-order valence-electron chi connectivity index (χ2n) is 4.54. The lowest BCUT2D eigenvalue weighted by molar-refractivity contribution is 0.359. The van der Waals surface area contributed by atoms with Crippen LogP contribution in [0.4, 0.5) is 0 Å². The third-order valence-corrected chi connectivity index (χ3v) is 3.16. The molecule has 0 aromatic carbocycles. The molecule has 4 N–H and O–H groups in total. The Balaban J connectivity index is 2.44. The highest BCUT2D eigenvalue weighted by atomic mass is 15.1. The van der Waals surface area contributed by atoms with Crippen molar-refractivity contribution in [3.8, 4) is 0 Å². The summed E-state index contributed by atoms with van der Waals surface area (Å²) < 4.78 is 0. The molecule has 0 spiro atoms. The van der Waals surface area contributed by atoms with Crippen LogP contribution in [0.3, 0.4) is 0 Å². The van der Waals surface area contributed by atoms with Gasteiger partial charge in [-0.25, -0.2) is 4.99 Å². The van der Waals surface area contributed by atoms with Gasteiger partial charge in [0.1, 0.15) is 5.82 Å². The molecule has 1 aliphatic rings. The predicted molar refractivity (Wildman–Crippen MR) is 69.5 cm³/mol. The fourth-order valence-electron chi connectivity index (χ4n) is 1.94. The minimum atomic E-state index is 0.304. The van der Waals surface area contributed by atoms with E-state index in [2.05, 4.69) is 35.3 Å². The summed E-state index contributed by atoms with van der Waals surface area (Å²) in [5, 5.41) is 6.58. The van der Waals surface area contributed by atoms with Gasteiger partial charge in [-0.2, -0.15) is 0 Å². The molecule has 0 aliphatic heterocycles. The molecule has 16 heavy (non-hydrogen) atoms. The van der Waals surface area contributed by atoms with Crippen LogP contribution in [0.15, 0.2) is 16.9 Å². The average molecular weight is 224 g/mol. The average Bonchev–Trinajstić information content (AvgIpc) is 2.30. The van der Waals surface area contributed by atoms with Crippen molar-refractivity contribution < 1.29 is 0 Å². The first-order valence-corrected chi connectivity index (χ1v) is 6.03. The van der Waals surface area contributed by atoms with Crippen molar-refractivity contribution in [2.45, 2.75) is 50.7 Å². The summed E-state index contributed by atoms with van der Waals surface area (Å²) in [6.07, 6.45) is 6.51. The standard InChI is InChI=1S/C12H24N4/c1-9(14-2)8-12(15-3)16-11-6-4-10(13)5-7-11/h8-11,14,16H,3-7,13H2,1-2H3/b12-8+/t9?,10-,11-. The Labute approximate surface area is 98.4 Å². The molecule has 0 aromatic heterocycles. The van der Waals surface area contributed by atoms with Crippen LogP contribution in [0.25, 0.3) is 0 Å². The van der Waals surface area contributed by atoms with Crippen molar-refractivity contribution in [1.29, 1.82) is 0 Å². The van der Waals surface area contributed by atoms with E-state index in [9.17, 15) is 0 Å². The SMILES string of the molecule is C=N/C(=C\C(C)NC)N[C@H]1CC[C@H](N)CC1. The number of aliphatic imine (C=N–C) groups is 1. The molecule has 1 atom stereocenters. The maximum atomic E-state index is 5.87. The highest BCUT2D eigenvalue weighted by Gasteiger charge is 2.18. The fourth-order valence-corrected chi connectivity index (χ4v) is 1.94. The van der Waals surface area contributed by atoms with Crippen LogP contribution in [0.1, 0.15) is 32.6 Å². The van der Waals surface area contributed by atoms with Gasteiger partial charge in [-0.05, 0) is 52.4 Å². The van der Waals surface area contributed by atoms with Gasteiger partial charge in [-0.15, -0.1) is 0 Å². The van der Waals surface area contributed by atoms with Gasteiger partial charge in [0, 0.05) is 18.1 Å². The van der Waals surface area contributed by atoms with E-state index in [0.29, 0.717) is 18.1 Å². The topological polar surface area (TPSA) is 62.4 Å². The molecule has 0 saturated heterocycles. The van der Waals surface area contributed by atoms with Gasteiger partial charge < -0.3 is 16.4 Å². The molecule has 1 saturated carbocycles. The molecule has 1 aliphatic carbocycles. The van der Waals surface area contributed by atoms with Gasteiger partial charge in [-0.3, -0.25) is 0 Å². The summed E-state index contributed by atoms with van der Waals surface area (Å²) in [6.45, 7) is 5.68. The van der Waals surface area contributed by atoms with E-state index in [1.54, 1.807) is 0 Å². The molecule has 0 radical (unpaired) electrons. The van der Waals surface area contributed by atoms with Gasteiger partial charge in [0.2, 0.25) is 0 Å². The Morgan fingerprint density at radius 1 is 1.44 bits per heavy atom. The lowest BCUT2D eigenvalue weighted by Crippen LogP contribution is -2.37. The number of nitrogens with one attached hydrogen (secondary N) is 2. The lowest BCUT2D eigenvalue weighted by Gasteiger charge is -2.27. The number of hydrogen-bond donors (Lipinski definition) is 3. The molecule has 1 fully saturated rings. The number of nitrogens with two attached hydrogens (primary N) is 1. The van der Waals surface area contributed by atoms with E-state index in [4.69, 9.17) is 5.73 Å². The zero-order valence-corrected chi connectivity index (χ0v) is 10.4. The molecule has 0 aromatic rings. The van der Waals surface area contributed by atoms with E-state index < -0.39 is 0 Å². The molecule has 1 unspecified atom stereocenters. The lowest BCUT2D eigenvalue weighted by atomic mass is 9.92. The van der Waals surface area contributed by atoms with Gasteiger partial charge in [-0.1, -0.05) is 0 Å². The Morgan fingerprint density at radius 2 is 2.06 bits per heavy atom. The summed E-state index contributed by atoms with van der Waals surface area (Å²) >= 11 is 0. The first kappa shape index (κ1) is 13.2. The Morgan fingerprint density at radius 3 is 2.56 bits per heavy atom. The molecule has 1 rings (SSSR count). The van der Waals surface area contributed by atoms with Crippen molar-refractivity contribution >= 4 is 6.72 Å². The number of likely N-dealkylation sites (N-methyl/N-ethyl adjacent to an activating group) is 1. The molecule has 4 heteroatoms. The first-order valence-electron chi connectivity index (χ1n) is 6.03. The summed E-state index contributed by atoms with van der Waals surface area (Å²) in [7, 11) is 1.93. The normalized spacial score (nSPS) is 28.6. The maximum absolute atomic E-state index is 5.87. The molecule has 0 heterocycles. The van der Waals surface area contributed by atoms with Crippen LogP contribution in [0.5, 0.6) is 0 Å². The van der Waals surface area contributed by atoms with Gasteiger partial charge in [0.15, 0.2) is 0 Å². The van der Waals surface area contributed by atoms with Crippen molar-refractivity contribution in [3.63, 3.8) is 0 Å². The van der Waals surface area contributed by atoms with Crippen LogP contribution >= 0.6 is 0 Å². The highest BCUT2D eigenvalue weighted by molar-refractivity contribution is 5.29. The number of rotatable bonds is 5. The number of hydrogen-bond acceptors (Lipinski definition) is 4.